The van der Waals surface area contributed by atoms with Crippen LogP contribution in [0.15, 0.2) is 11.2 Å². The number of aromatic nitrogens is 2. The molecule has 0 aromatic carbocycles. The van der Waals surface area contributed by atoms with E-state index in [-0.39, 0.29) is 0 Å². The van der Waals surface area contributed by atoms with Gasteiger partial charge in [-0.2, -0.15) is 5.10 Å². The highest BCUT2D eigenvalue weighted by Crippen LogP contribution is 2.14. The Hall–Kier alpha value is -1.12. The molecule has 0 spiro atoms. The summed E-state index contributed by atoms with van der Waals surface area (Å²) in [5.74, 6) is 0.933. The van der Waals surface area contributed by atoms with Crippen LogP contribution in [0, 0.1) is 6.92 Å². The van der Waals surface area contributed by atoms with E-state index in [4.69, 9.17) is 0 Å². The second kappa shape index (κ2) is 2.64. The third-order valence-electron chi connectivity index (χ3n) is 1.34. The predicted molar refractivity (Wildman–Crippen MR) is 41.8 cm³/mol. The van der Waals surface area contributed by atoms with E-state index in [9.17, 15) is 0 Å². The molecule has 1 aromatic rings. The molecule has 0 atom stereocenters. The standard InChI is InChI=1S/C7H11N3/c1-4-8-7-6(2)5-9-10(7)3/h4-5H,1-3H3/b8-4-. The lowest BCUT2D eigenvalue weighted by molar-refractivity contribution is 0.770. The van der Waals surface area contributed by atoms with Gasteiger partial charge in [0.1, 0.15) is 0 Å². The summed E-state index contributed by atoms with van der Waals surface area (Å²) in [5, 5.41) is 4.04. The van der Waals surface area contributed by atoms with Gasteiger partial charge in [-0.3, -0.25) is 4.68 Å². The first-order valence-electron chi connectivity index (χ1n) is 3.23. The summed E-state index contributed by atoms with van der Waals surface area (Å²) < 4.78 is 1.76. The van der Waals surface area contributed by atoms with Gasteiger partial charge in [-0.05, 0) is 13.8 Å². The molecule has 1 rings (SSSR count). The highest BCUT2D eigenvalue weighted by atomic mass is 15.3. The lowest BCUT2D eigenvalue weighted by atomic mass is 10.4. The van der Waals surface area contributed by atoms with E-state index in [1.54, 1.807) is 10.9 Å². The van der Waals surface area contributed by atoms with Gasteiger partial charge in [-0.15, -0.1) is 0 Å². The van der Waals surface area contributed by atoms with Crippen LogP contribution in [0.3, 0.4) is 0 Å². The molecule has 3 nitrogen and oxygen atoms in total. The number of aryl methyl sites for hydroxylation is 2. The molecule has 0 saturated heterocycles. The fourth-order valence-corrected chi connectivity index (χ4v) is 0.849. The normalized spacial score (nSPS) is 11.1. The molecule has 1 heterocycles. The molecular formula is C7H11N3. The maximum atomic E-state index is 4.14. The van der Waals surface area contributed by atoms with Crippen LogP contribution in [0.1, 0.15) is 12.5 Å². The van der Waals surface area contributed by atoms with E-state index in [1.165, 1.54) is 0 Å². The Kier molecular flexibility index (Phi) is 1.85. The lowest BCUT2D eigenvalue weighted by Crippen LogP contribution is -1.87. The van der Waals surface area contributed by atoms with Gasteiger partial charge in [-0.1, -0.05) is 0 Å². The molecule has 0 saturated carbocycles. The Bertz CT molecular complexity index is 228. The molecule has 3 heteroatoms. The Morgan fingerprint density at radius 2 is 2.40 bits per heavy atom. The molecular weight excluding hydrogens is 126 g/mol. The fourth-order valence-electron chi connectivity index (χ4n) is 0.849. The summed E-state index contributed by atoms with van der Waals surface area (Å²) in [7, 11) is 1.88. The number of hydrogen-bond acceptors (Lipinski definition) is 2. The van der Waals surface area contributed by atoms with Gasteiger partial charge in [0.2, 0.25) is 0 Å². The minimum Gasteiger partial charge on any atom is -0.251 e. The molecule has 0 unspecified atom stereocenters. The highest BCUT2D eigenvalue weighted by Gasteiger charge is 1.98. The number of nitrogens with zero attached hydrogens (tertiary/aromatic N) is 3. The van der Waals surface area contributed by atoms with E-state index >= 15 is 0 Å². The maximum absolute atomic E-state index is 4.14. The van der Waals surface area contributed by atoms with Gasteiger partial charge in [0.15, 0.2) is 5.82 Å². The zero-order valence-electron chi connectivity index (χ0n) is 6.50. The summed E-state index contributed by atoms with van der Waals surface area (Å²) in [6.07, 6.45) is 3.58. The minimum atomic E-state index is 0.933. The zero-order chi connectivity index (χ0) is 7.56. The maximum Gasteiger partial charge on any atom is 0.152 e. The van der Waals surface area contributed by atoms with Crippen LogP contribution < -0.4 is 0 Å². The molecule has 0 bridgehead atoms. The van der Waals surface area contributed by atoms with E-state index < -0.39 is 0 Å². The van der Waals surface area contributed by atoms with Crippen LogP contribution >= 0.6 is 0 Å². The second-order valence-corrected chi connectivity index (χ2v) is 2.16. The van der Waals surface area contributed by atoms with Crippen molar-refractivity contribution in [3.8, 4) is 0 Å². The third kappa shape index (κ3) is 1.07. The molecule has 0 N–H and O–H groups in total. The Balaban J connectivity index is 3.10. The predicted octanol–water partition coefficient (Wildman–Crippen LogP) is 1.45. The minimum absolute atomic E-state index is 0.933. The van der Waals surface area contributed by atoms with Crippen molar-refractivity contribution in [1.82, 2.24) is 9.78 Å². The first kappa shape index (κ1) is 6.99. The van der Waals surface area contributed by atoms with Crippen LogP contribution in [0.4, 0.5) is 5.82 Å². The third-order valence-corrected chi connectivity index (χ3v) is 1.34. The second-order valence-electron chi connectivity index (χ2n) is 2.16. The summed E-state index contributed by atoms with van der Waals surface area (Å²) in [5.41, 5.74) is 1.11. The average Bonchev–Trinajstić information content (AvgIpc) is 2.20. The Labute approximate surface area is 60.4 Å². The van der Waals surface area contributed by atoms with Crippen molar-refractivity contribution in [3.63, 3.8) is 0 Å². The van der Waals surface area contributed by atoms with Crippen molar-refractivity contribution in [2.24, 2.45) is 12.0 Å². The van der Waals surface area contributed by atoms with E-state index in [1.807, 2.05) is 27.1 Å². The lowest BCUT2D eigenvalue weighted by Gasteiger charge is -1.93. The summed E-state index contributed by atoms with van der Waals surface area (Å²) >= 11 is 0. The number of rotatable bonds is 1. The topological polar surface area (TPSA) is 30.2 Å². The van der Waals surface area contributed by atoms with Crippen LogP contribution in [-0.4, -0.2) is 16.0 Å². The molecule has 0 radical (unpaired) electrons. The van der Waals surface area contributed by atoms with Crippen LogP contribution in [0.25, 0.3) is 0 Å². The first-order valence-corrected chi connectivity index (χ1v) is 3.23. The smallest absolute Gasteiger partial charge is 0.152 e. The van der Waals surface area contributed by atoms with Crippen molar-refractivity contribution >= 4 is 12.0 Å². The molecule has 10 heavy (non-hydrogen) atoms. The summed E-state index contributed by atoms with van der Waals surface area (Å²) in [4.78, 5) is 4.14. The Morgan fingerprint density at radius 3 is 2.80 bits per heavy atom. The molecule has 0 aliphatic carbocycles. The van der Waals surface area contributed by atoms with Crippen molar-refractivity contribution in [3.05, 3.63) is 11.8 Å². The Morgan fingerprint density at radius 1 is 1.70 bits per heavy atom. The van der Waals surface area contributed by atoms with Gasteiger partial charge >= 0.3 is 0 Å². The van der Waals surface area contributed by atoms with Crippen molar-refractivity contribution in [2.45, 2.75) is 13.8 Å². The summed E-state index contributed by atoms with van der Waals surface area (Å²) in [6, 6.07) is 0. The van der Waals surface area contributed by atoms with Crippen molar-refractivity contribution in [1.29, 1.82) is 0 Å². The quantitative estimate of drug-likeness (QED) is 0.539. The molecule has 54 valence electrons. The van der Waals surface area contributed by atoms with Gasteiger partial charge < -0.3 is 0 Å². The SMILES string of the molecule is C/C=N\c1c(C)cnn1C. The van der Waals surface area contributed by atoms with Gasteiger partial charge in [0, 0.05) is 18.8 Å². The van der Waals surface area contributed by atoms with Crippen molar-refractivity contribution < 1.29 is 0 Å². The van der Waals surface area contributed by atoms with Gasteiger partial charge in [0.05, 0.1) is 6.20 Å². The van der Waals surface area contributed by atoms with Crippen LogP contribution in [0.5, 0.6) is 0 Å². The fraction of sp³-hybridized carbons (Fsp3) is 0.429. The molecule has 0 amide bonds. The van der Waals surface area contributed by atoms with Gasteiger partial charge in [0.25, 0.3) is 0 Å². The summed E-state index contributed by atoms with van der Waals surface area (Å²) in [6.45, 7) is 3.89. The van der Waals surface area contributed by atoms with E-state index in [2.05, 4.69) is 10.1 Å². The largest absolute Gasteiger partial charge is 0.251 e. The van der Waals surface area contributed by atoms with E-state index in [0.29, 0.717) is 0 Å². The number of hydrogen-bond donors (Lipinski definition) is 0. The van der Waals surface area contributed by atoms with Crippen LogP contribution in [-0.2, 0) is 7.05 Å². The zero-order valence-corrected chi connectivity index (χ0v) is 6.50. The highest BCUT2D eigenvalue weighted by molar-refractivity contribution is 5.59. The first-order chi connectivity index (χ1) is 4.75. The molecule has 0 fully saturated rings. The van der Waals surface area contributed by atoms with Crippen molar-refractivity contribution in [2.75, 3.05) is 0 Å². The van der Waals surface area contributed by atoms with Gasteiger partial charge in [-0.25, -0.2) is 4.99 Å². The monoisotopic (exact) mass is 137 g/mol. The molecule has 0 aliphatic rings. The molecule has 1 aromatic heterocycles. The van der Waals surface area contributed by atoms with Crippen LogP contribution in [0.2, 0.25) is 0 Å². The molecule has 0 aliphatic heterocycles. The number of aliphatic imine (C=N–C) groups is 1. The average molecular weight is 137 g/mol. The van der Waals surface area contributed by atoms with E-state index in [0.717, 1.165) is 11.4 Å².